The summed E-state index contributed by atoms with van der Waals surface area (Å²) >= 11 is 0. The second-order valence-electron chi connectivity index (χ2n) is 4.32. The van der Waals surface area contributed by atoms with E-state index in [4.69, 9.17) is 14.2 Å². The van der Waals surface area contributed by atoms with Gasteiger partial charge in [-0.25, -0.2) is 0 Å². The van der Waals surface area contributed by atoms with Crippen LogP contribution in [0, 0.1) is 0 Å². The van der Waals surface area contributed by atoms with Gasteiger partial charge < -0.3 is 19.5 Å². The predicted octanol–water partition coefficient (Wildman–Crippen LogP) is 2.61. The molecule has 1 N–H and O–H groups in total. The second-order valence-corrected chi connectivity index (χ2v) is 4.32. The third kappa shape index (κ3) is 4.73. The van der Waals surface area contributed by atoms with Crippen LogP contribution < -0.4 is 14.8 Å². The maximum Gasteiger partial charge on any atom is 0.165 e. The van der Waals surface area contributed by atoms with Crippen molar-refractivity contribution >= 4 is 0 Å². The summed E-state index contributed by atoms with van der Waals surface area (Å²) in [4.78, 5) is 0. The monoisotopic (exact) mass is 267 g/mol. The van der Waals surface area contributed by atoms with E-state index in [0.29, 0.717) is 19.3 Å². The van der Waals surface area contributed by atoms with Crippen molar-refractivity contribution in [2.24, 2.45) is 0 Å². The fourth-order valence-corrected chi connectivity index (χ4v) is 1.98. The van der Waals surface area contributed by atoms with E-state index in [0.717, 1.165) is 30.0 Å². The topological polar surface area (TPSA) is 39.7 Å². The summed E-state index contributed by atoms with van der Waals surface area (Å²) < 4.78 is 16.2. The van der Waals surface area contributed by atoms with Gasteiger partial charge in [0.2, 0.25) is 0 Å². The summed E-state index contributed by atoms with van der Waals surface area (Å²) in [5, 5.41) is 3.47. The highest BCUT2D eigenvalue weighted by atomic mass is 16.5. The zero-order chi connectivity index (χ0) is 14.1. The van der Waals surface area contributed by atoms with Crippen LogP contribution >= 0.6 is 0 Å². The molecule has 1 atom stereocenters. The van der Waals surface area contributed by atoms with Gasteiger partial charge in [-0.1, -0.05) is 19.1 Å². The molecule has 0 saturated heterocycles. The van der Waals surface area contributed by atoms with E-state index in [1.807, 2.05) is 25.1 Å². The quantitative estimate of drug-likeness (QED) is 0.746. The van der Waals surface area contributed by atoms with Crippen molar-refractivity contribution in [3.05, 3.63) is 23.8 Å². The molecule has 0 bridgehead atoms. The van der Waals surface area contributed by atoms with Gasteiger partial charge in [0.05, 0.1) is 20.3 Å². The smallest absolute Gasteiger partial charge is 0.165 e. The Hall–Kier alpha value is -1.26. The first-order chi connectivity index (χ1) is 9.26. The van der Waals surface area contributed by atoms with Gasteiger partial charge in [0.1, 0.15) is 0 Å². The lowest BCUT2D eigenvalue weighted by Crippen LogP contribution is -2.32. The predicted molar refractivity (Wildman–Crippen MR) is 77.0 cm³/mol. The van der Waals surface area contributed by atoms with E-state index in [1.165, 1.54) is 0 Å². The number of methoxy groups -OCH3 is 2. The first kappa shape index (κ1) is 15.8. The highest BCUT2D eigenvalue weighted by molar-refractivity contribution is 5.46. The molecule has 0 heterocycles. The third-order valence-corrected chi connectivity index (χ3v) is 3.01. The minimum Gasteiger partial charge on any atom is -0.493 e. The van der Waals surface area contributed by atoms with Crippen molar-refractivity contribution in [2.45, 2.75) is 32.9 Å². The molecule has 19 heavy (non-hydrogen) atoms. The molecule has 4 heteroatoms. The Morgan fingerprint density at radius 1 is 1.21 bits per heavy atom. The molecule has 1 aromatic rings. The number of hydrogen-bond donors (Lipinski definition) is 1. The van der Waals surface area contributed by atoms with Crippen molar-refractivity contribution in [1.82, 2.24) is 5.32 Å². The standard InChI is InChI=1S/C15H25NO3/c1-5-13(11-17-3)16-10-12-8-7-9-14(19-6-2)15(12)18-4/h7-9,13,16H,5-6,10-11H2,1-4H3. The summed E-state index contributed by atoms with van der Waals surface area (Å²) in [6.07, 6.45) is 1.03. The average Bonchev–Trinajstić information content (AvgIpc) is 2.44. The molecule has 0 aliphatic heterocycles. The van der Waals surface area contributed by atoms with Crippen LogP contribution in [0.2, 0.25) is 0 Å². The number of hydrogen-bond acceptors (Lipinski definition) is 4. The third-order valence-electron chi connectivity index (χ3n) is 3.01. The molecule has 0 aliphatic rings. The van der Waals surface area contributed by atoms with Crippen LogP contribution in [0.4, 0.5) is 0 Å². The molecular weight excluding hydrogens is 242 g/mol. The summed E-state index contributed by atoms with van der Waals surface area (Å²) in [7, 11) is 3.40. The Labute approximate surface area is 116 Å². The lowest BCUT2D eigenvalue weighted by atomic mass is 10.1. The van der Waals surface area contributed by atoms with Crippen LogP contribution in [0.5, 0.6) is 11.5 Å². The van der Waals surface area contributed by atoms with Gasteiger partial charge in [-0.15, -0.1) is 0 Å². The summed E-state index contributed by atoms with van der Waals surface area (Å²) in [5.74, 6) is 1.60. The van der Waals surface area contributed by atoms with Crippen LogP contribution in [0.1, 0.15) is 25.8 Å². The highest BCUT2D eigenvalue weighted by Gasteiger charge is 2.11. The van der Waals surface area contributed by atoms with E-state index < -0.39 is 0 Å². The largest absolute Gasteiger partial charge is 0.493 e. The number of nitrogens with one attached hydrogen (secondary N) is 1. The number of rotatable bonds is 9. The van der Waals surface area contributed by atoms with Gasteiger partial charge in [0, 0.05) is 25.3 Å². The van der Waals surface area contributed by atoms with E-state index in [2.05, 4.69) is 12.2 Å². The summed E-state index contributed by atoms with van der Waals surface area (Å²) in [5.41, 5.74) is 1.10. The Morgan fingerprint density at radius 3 is 2.58 bits per heavy atom. The van der Waals surface area contributed by atoms with Gasteiger partial charge in [-0.3, -0.25) is 0 Å². The molecule has 0 amide bonds. The molecule has 1 rings (SSSR count). The minimum absolute atomic E-state index is 0.352. The maximum absolute atomic E-state index is 5.57. The Balaban J connectivity index is 2.74. The van der Waals surface area contributed by atoms with E-state index in [-0.39, 0.29) is 0 Å². The van der Waals surface area contributed by atoms with Gasteiger partial charge in [0.25, 0.3) is 0 Å². The van der Waals surface area contributed by atoms with Crippen molar-refractivity contribution in [2.75, 3.05) is 27.4 Å². The molecule has 0 fully saturated rings. The highest BCUT2D eigenvalue weighted by Crippen LogP contribution is 2.30. The van der Waals surface area contributed by atoms with Gasteiger partial charge in [-0.05, 0) is 19.4 Å². The fraction of sp³-hybridized carbons (Fsp3) is 0.600. The number of para-hydroxylation sites is 1. The Bertz CT molecular complexity index is 368. The molecule has 1 aromatic carbocycles. The van der Waals surface area contributed by atoms with Gasteiger partial charge in [-0.2, -0.15) is 0 Å². The summed E-state index contributed by atoms with van der Waals surface area (Å²) in [6, 6.07) is 6.32. The molecule has 0 aromatic heterocycles. The molecule has 0 saturated carbocycles. The zero-order valence-electron chi connectivity index (χ0n) is 12.4. The van der Waals surface area contributed by atoms with Crippen LogP contribution in [-0.2, 0) is 11.3 Å². The molecule has 108 valence electrons. The molecular formula is C15H25NO3. The first-order valence-corrected chi connectivity index (χ1v) is 6.77. The fourth-order valence-electron chi connectivity index (χ4n) is 1.98. The Kier molecular flexibility index (Phi) is 7.30. The summed E-state index contributed by atoms with van der Waals surface area (Å²) in [6.45, 7) is 6.20. The second kappa shape index (κ2) is 8.77. The van der Waals surface area contributed by atoms with Gasteiger partial charge in [0.15, 0.2) is 11.5 Å². The molecule has 0 spiro atoms. The van der Waals surface area contributed by atoms with Crippen LogP contribution in [0.15, 0.2) is 18.2 Å². The van der Waals surface area contributed by atoms with E-state index >= 15 is 0 Å². The average molecular weight is 267 g/mol. The maximum atomic E-state index is 5.57. The molecule has 1 unspecified atom stereocenters. The van der Waals surface area contributed by atoms with Gasteiger partial charge >= 0.3 is 0 Å². The van der Waals surface area contributed by atoms with Crippen LogP contribution in [0.25, 0.3) is 0 Å². The van der Waals surface area contributed by atoms with E-state index in [9.17, 15) is 0 Å². The molecule has 0 aliphatic carbocycles. The molecule has 4 nitrogen and oxygen atoms in total. The Morgan fingerprint density at radius 2 is 2.00 bits per heavy atom. The van der Waals surface area contributed by atoms with E-state index in [1.54, 1.807) is 14.2 Å². The van der Waals surface area contributed by atoms with Crippen molar-refractivity contribution in [3.8, 4) is 11.5 Å². The van der Waals surface area contributed by atoms with Crippen molar-refractivity contribution < 1.29 is 14.2 Å². The lowest BCUT2D eigenvalue weighted by Gasteiger charge is -2.18. The number of ether oxygens (including phenoxy) is 3. The zero-order valence-corrected chi connectivity index (χ0v) is 12.4. The van der Waals surface area contributed by atoms with Crippen LogP contribution in [-0.4, -0.2) is 33.5 Å². The SMILES string of the molecule is CCOc1cccc(CNC(CC)COC)c1OC. The van der Waals surface area contributed by atoms with Crippen molar-refractivity contribution in [3.63, 3.8) is 0 Å². The number of benzene rings is 1. The first-order valence-electron chi connectivity index (χ1n) is 6.77. The van der Waals surface area contributed by atoms with Crippen LogP contribution in [0.3, 0.4) is 0 Å². The normalized spacial score (nSPS) is 12.2. The molecule has 0 radical (unpaired) electrons. The minimum atomic E-state index is 0.352. The van der Waals surface area contributed by atoms with Crippen molar-refractivity contribution in [1.29, 1.82) is 0 Å². The lowest BCUT2D eigenvalue weighted by molar-refractivity contribution is 0.163.